The minimum atomic E-state index is -2.94. The highest BCUT2D eigenvalue weighted by molar-refractivity contribution is 7.91. The van der Waals surface area contributed by atoms with E-state index in [4.69, 9.17) is 0 Å². The first-order chi connectivity index (χ1) is 9.37. The van der Waals surface area contributed by atoms with Gasteiger partial charge in [-0.15, -0.1) is 0 Å². The van der Waals surface area contributed by atoms with E-state index in [1.54, 1.807) is 18.2 Å². The molecule has 1 saturated heterocycles. The number of carbonyl (C=O) groups is 2. The fourth-order valence-electron chi connectivity index (χ4n) is 2.65. The lowest BCUT2D eigenvalue weighted by molar-refractivity contribution is -0.112. The summed E-state index contributed by atoms with van der Waals surface area (Å²) in [6, 6.07) is 4.99. The van der Waals surface area contributed by atoms with Gasteiger partial charge in [-0.05, 0) is 24.6 Å². The van der Waals surface area contributed by atoms with Crippen LogP contribution in [0, 0.1) is 0 Å². The zero-order valence-electron chi connectivity index (χ0n) is 10.9. The molecule has 0 bridgehead atoms. The highest BCUT2D eigenvalue weighted by Gasteiger charge is 2.32. The lowest BCUT2D eigenvalue weighted by Gasteiger charge is -2.26. The molecule has 1 aromatic rings. The number of nitrogens with zero attached hydrogens (tertiary/aromatic N) is 1. The molecule has 2 heterocycles. The molecule has 2 aliphatic rings. The molecule has 0 aromatic heterocycles. The van der Waals surface area contributed by atoms with Crippen LogP contribution in [0.15, 0.2) is 18.2 Å². The third kappa shape index (κ3) is 2.07. The molecule has 6 nitrogen and oxygen atoms in total. The standard InChI is InChI=1S/C13H14N2O4S/c1-15(9-4-5-20(18,19)7-9)8-2-3-10-11(6-8)14-13(17)12(10)16/h2-3,6,9H,4-5,7H2,1H3,(H,14,16,17). The summed E-state index contributed by atoms with van der Waals surface area (Å²) >= 11 is 0. The quantitative estimate of drug-likeness (QED) is 0.800. The van der Waals surface area contributed by atoms with E-state index in [1.165, 1.54) is 0 Å². The van der Waals surface area contributed by atoms with Crippen molar-refractivity contribution in [3.05, 3.63) is 23.8 Å². The molecule has 0 aliphatic carbocycles. The summed E-state index contributed by atoms with van der Waals surface area (Å²) in [5.74, 6) is -0.797. The van der Waals surface area contributed by atoms with Crippen LogP contribution in [-0.2, 0) is 14.6 Å². The average molecular weight is 294 g/mol. The van der Waals surface area contributed by atoms with Gasteiger partial charge in [0.1, 0.15) is 0 Å². The second-order valence-corrected chi connectivity index (χ2v) is 7.41. The lowest BCUT2D eigenvalue weighted by Crippen LogP contribution is -2.32. The number of fused-ring (bicyclic) bond motifs is 1. The Bertz CT molecular complexity index is 711. The van der Waals surface area contributed by atoms with E-state index in [2.05, 4.69) is 5.32 Å². The van der Waals surface area contributed by atoms with Crippen molar-refractivity contribution in [2.24, 2.45) is 0 Å². The van der Waals surface area contributed by atoms with Crippen LogP contribution >= 0.6 is 0 Å². The van der Waals surface area contributed by atoms with Gasteiger partial charge in [0.2, 0.25) is 0 Å². The number of nitrogens with one attached hydrogen (secondary N) is 1. The number of benzene rings is 1. The Morgan fingerprint density at radius 2 is 2.05 bits per heavy atom. The molecule has 2 aliphatic heterocycles. The van der Waals surface area contributed by atoms with Crippen LogP contribution in [0.3, 0.4) is 0 Å². The molecule has 20 heavy (non-hydrogen) atoms. The molecular formula is C13H14N2O4S. The van der Waals surface area contributed by atoms with Crippen molar-refractivity contribution >= 4 is 32.9 Å². The summed E-state index contributed by atoms with van der Waals surface area (Å²) in [7, 11) is -1.12. The smallest absolute Gasteiger partial charge is 0.296 e. The van der Waals surface area contributed by atoms with Crippen molar-refractivity contribution in [3.8, 4) is 0 Å². The Morgan fingerprint density at radius 3 is 2.70 bits per heavy atom. The van der Waals surface area contributed by atoms with Gasteiger partial charge in [-0.25, -0.2) is 8.42 Å². The van der Waals surface area contributed by atoms with Crippen LogP contribution in [0.5, 0.6) is 0 Å². The number of ketones is 1. The number of sulfone groups is 1. The average Bonchev–Trinajstić information content (AvgIpc) is 2.89. The number of Topliss-reactive ketones (excluding diaryl/α,β-unsaturated/α-hetero) is 1. The van der Waals surface area contributed by atoms with Crippen molar-refractivity contribution in [1.82, 2.24) is 0 Å². The minimum Gasteiger partial charge on any atom is -0.370 e. The second-order valence-electron chi connectivity index (χ2n) is 5.18. The van der Waals surface area contributed by atoms with Gasteiger partial charge in [-0.1, -0.05) is 0 Å². The third-order valence-corrected chi connectivity index (χ3v) is 5.62. The van der Waals surface area contributed by atoms with Gasteiger partial charge in [-0.3, -0.25) is 9.59 Å². The van der Waals surface area contributed by atoms with E-state index in [0.29, 0.717) is 17.7 Å². The molecule has 7 heteroatoms. The number of carbonyl (C=O) groups excluding carboxylic acids is 2. The fraction of sp³-hybridized carbons (Fsp3) is 0.385. The predicted octanol–water partition coefficient (Wildman–Crippen LogP) is 0.445. The first kappa shape index (κ1) is 13.1. The fourth-order valence-corrected chi connectivity index (χ4v) is 4.42. The minimum absolute atomic E-state index is 0.0640. The number of hydrogen-bond donors (Lipinski definition) is 1. The summed E-state index contributed by atoms with van der Waals surface area (Å²) in [5, 5.41) is 2.52. The van der Waals surface area contributed by atoms with Gasteiger partial charge >= 0.3 is 0 Å². The van der Waals surface area contributed by atoms with Crippen molar-refractivity contribution in [2.75, 3.05) is 28.8 Å². The molecule has 106 valence electrons. The topological polar surface area (TPSA) is 83.6 Å². The van der Waals surface area contributed by atoms with E-state index in [9.17, 15) is 18.0 Å². The molecule has 0 saturated carbocycles. The van der Waals surface area contributed by atoms with E-state index in [0.717, 1.165) is 5.69 Å². The molecule has 1 amide bonds. The molecule has 0 spiro atoms. The molecule has 1 atom stereocenters. The van der Waals surface area contributed by atoms with Gasteiger partial charge in [-0.2, -0.15) is 0 Å². The van der Waals surface area contributed by atoms with Crippen LogP contribution in [0.1, 0.15) is 16.8 Å². The molecule has 1 unspecified atom stereocenters. The highest BCUT2D eigenvalue weighted by atomic mass is 32.2. The molecule has 0 radical (unpaired) electrons. The van der Waals surface area contributed by atoms with Crippen molar-refractivity contribution in [2.45, 2.75) is 12.5 Å². The Balaban J connectivity index is 1.88. The largest absolute Gasteiger partial charge is 0.370 e. The first-order valence-electron chi connectivity index (χ1n) is 6.30. The molecule has 1 N–H and O–H groups in total. The van der Waals surface area contributed by atoms with Crippen molar-refractivity contribution in [1.29, 1.82) is 0 Å². The summed E-state index contributed by atoms with van der Waals surface area (Å²) in [4.78, 5) is 24.7. The second kappa shape index (κ2) is 4.31. The predicted molar refractivity (Wildman–Crippen MR) is 74.9 cm³/mol. The monoisotopic (exact) mass is 294 g/mol. The van der Waals surface area contributed by atoms with Gasteiger partial charge in [0.25, 0.3) is 11.7 Å². The van der Waals surface area contributed by atoms with Crippen LogP contribution < -0.4 is 10.2 Å². The zero-order chi connectivity index (χ0) is 14.5. The maximum Gasteiger partial charge on any atom is 0.296 e. The first-order valence-corrected chi connectivity index (χ1v) is 8.12. The number of amides is 1. The Kier molecular flexibility index (Phi) is 2.82. The molecular weight excluding hydrogens is 280 g/mol. The van der Waals surface area contributed by atoms with Gasteiger partial charge in [0.15, 0.2) is 9.84 Å². The van der Waals surface area contributed by atoms with Crippen LogP contribution in [0.4, 0.5) is 11.4 Å². The zero-order valence-corrected chi connectivity index (χ0v) is 11.7. The van der Waals surface area contributed by atoms with Crippen LogP contribution in [0.25, 0.3) is 0 Å². The van der Waals surface area contributed by atoms with E-state index in [-0.39, 0.29) is 17.5 Å². The molecule has 1 fully saturated rings. The summed E-state index contributed by atoms with van der Waals surface area (Å²) < 4.78 is 23.0. The summed E-state index contributed by atoms with van der Waals surface area (Å²) in [6.45, 7) is 0. The summed E-state index contributed by atoms with van der Waals surface area (Å²) in [5.41, 5.74) is 1.65. The van der Waals surface area contributed by atoms with Crippen LogP contribution in [0.2, 0.25) is 0 Å². The molecule has 1 aromatic carbocycles. The number of rotatable bonds is 2. The van der Waals surface area contributed by atoms with Crippen molar-refractivity contribution < 1.29 is 18.0 Å². The van der Waals surface area contributed by atoms with E-state index < -0.39 is 21.5 Å². The maximum atomic E-state index is 11.5. The maximum absolute atomic E-state index is 11.5. The number of anilines is 2. The SMILES string of the molecule is CN(c1ccc2c(c1)NC(=O)C2=O)C1CCS(=O)(=O)C1. The summed E-state index contributed by atoms with van der Waals surface area (Å²) in [6.07, 6.45) is 0.598. The van der Waals surface area contributed by atoms with Crippen LogP contribution in [-0.4, -0.2) is 44.7 Å². The highest BCUT2D eigenvalue weighted by Crippen LogP contribution is 2.30. The third-order valence-electron chi connectivity index (χ3n) is 3.87. The Hall–Kier alpha value is -1.89. The van der Waals surface area contributed by atoms with Crippen molar-refractivity contribution in [3.63, 3.8) is 0 Å². The van der Waals surface area contributed by atoms with Gasteiger partial charge < -0.3 is 10.2 Å². The van der Waals surface area contributed by atoms with E-state index >= 15 is 0 Å². The molecule has 3 rings (SSSR count). The van der Waals surface area contributed by atoms with E-state index in [1.807, 2.05) is 11.9 Å². The van der Waals surface area contributed by atoms with Gasteiger partial charge in [0.05, 0.1) is 22.8 Å². The number of hydrogen-bond acceptors (Lipinski definition) is 5. The van der Waals surface area contributed by atoms with Gasteiger partial charge in [0, 0.05) is 18.8 Å². The Morgan fingerprint density at radius 1 is 1.30 bits per heavy atom. The Labute approximate surface area is 116 Å². The lowest BCUT2D eigenvalue weighted by atomic mass is 10.1. The normalized spacial score (nSPS) is 23.6.